The lowest BCUT2D eigenvalue weighted by Gasteiger charge is -2.06. The van der Waals surface area contributed by atoms with Crippen LogP contribution in [-0.4, -0.2) is 27.0 Å². The maximum absolute atomic E-state index is 12.0. The highest BCUT2D eigenvalue weighted by atomic mass is 79.9. The van der Waals surface area contributed by atoms with Crippen molar-refractivity contribution in [3.05, 3.63) is 51.9 Å². The molecule has 2 aromatic heterocycles. The minimum absolute atomic E-state index is 0.183. The Kier molecular flexibility index (Phi) is 4.09. The summed E-state index contributed by atoms with van der Waals surface area (Å²) in [5.41, 5.74) is 0.765. The number of nitrogens with one attached hydrogen (secondary N) is 1. The number of hydrogen-bond donors (Lipinski definition) is 2. The minimum atomic E-state index is -1.18. The first-order chi connectivity index (χ1) is 9.47. The van der Waals surface area contributed by atoms with Crippen LogP contribution in [0, 0.1) is 6.92 Å². The number of halogens is 1. The smallest absolute Gasteiger partial charge is 0.354 e. The summed E-state index contributed by atoms with van der Waals surface area (Å²) in [7, 11) is 0. The van der Waals surface area contributed by atoms with Gasteiger partial charge in [0, 0.05) is 16.2 Å². The molecule has 0 aromatic carbocycles. The highest BCUT2D eigenvalue weighted by molar-refractivity contribution is 9.10. The Hall–Kier alpha value is -2.28. The molecular weight excluding hydrogens is 326 g/mol. The fourth-order valence-corrected chi connectivity index (χ4v) is 1.71. The Morgan fingerprint density at radius 2 is 2.05 bits per heavy atom. The molecule has 2 rings (SSSR count). The molecule has 0 aliphatic heterocycles. The first-order valence-corrected chi connectivity index (χ1v) is 6.40. The molecule has 0 bridgehead atoms. The molecule has 102 valence electrons. The van der Waals surface area contributed by atoms with E-state index in [9.17, 15) is 9.59 Å². The van der Waals surface area contributed by atoms with Crippen molar-refractivity contribution in [2.45, 2.75) is 6.92 Å². The number of pyridine rings is 2. The highest BCUT2D eigenvalue weighted by Crippen LogP contribution is 2.16. The van der Waals surface area contributed by atoms with Gasteiger partial charge >= 0.3 is 5.97 Å². The molecule has 7 heteroatoms. The predicted molar refractivity (Wildman–Crippen MR) is 75.8 cm³/mol. The fraction of sp³-hybridized carbons (Fsp3) is 0.0769. The number of carboxylic acid groups (broad SMARTS) is 1. The number of aryl methyl sites for hydroxylation is 1. The second-order valence-corrected chi connectivity index (χ2v) is 4.81. The van der Waals surface area contributed by atoms with E-state index < -0.39 is 11.9 Å². The van der Waals surface area contributed by atoms with Crippen LogP contribution in [0.3, 0.4) is 0 Å². The van der Waals surface area contributed by atoms with Crippen LogP contribution in [0.5, 0.6) is 0 Å². The van der Waals surface area contributed by atoms with Crippen molar-refractivity contribution in [1.29, 1.82) is 0 Å². The summed E-state index contributed by atoms with van der Waals surface area (Å²) < 4.78 is 0.840. The number of hydrogen-bond acceptors (Lipinski definition) is 4. The number of nitrogens with zero attached hydrogens (tertiary/aromatic N) is 2. The second kappa shape index (κ2) is 5.79. The van der Waals surface area contributed by atoms with Crippen LogP contribution >= 0.6 is 15.9 Å². The van der Waals surface area contributed by atoms with Gasteiger partial charge in [-0.2, -0.15) is 0 Å². The number of carbonyl (C=O) groups excluding carboxylic acids is 1. The van der Waals surface area contributed by atoms with Crippen molar-refractivity contribution < 1.29 is 14.7 Å². The maximum Gasteiger partial charge on any atom is 0.354 e. The van der Waals surface area contributed by atoms with Gasteiger partial charge < -0.3 is 10.4 Å². The van der Waals surface area contributed by atoms with Gasteiger partial charge in [-0.05, 0) is 47.1 Å². The van der Waals surface area contributed by atoms with E-state index in [2.05, 4.69) is 31.2 Å². The Balaban J connectivity index is 2.21. The van der Waals surface area contributed by atoms with E-state index in [0.717, 1.165) is 10.2 Å². The zero-order valence-corrected chi connectivity index (χ0v) is 12.0. The molecule has 1 amide bonds. The quantitative estimate of drug-likeness (QED) is 0.898. The third-order valence-corrected chi connectivity index (χ3v) is 3.34. The molecule has 0 spiro atoms. The van der Waals surface area contributed by atoms with Gasteiger partial charge in [0.05, 0.1) is 5.69 Å². The van der Waals surface area contributed by atoms with Gasteiger partial charge in [0.15, 0.2) is 0 Å². The Morgan fingerprint density at radius 1 is 1.30 bits per heavy atom. The van der Waals surface area contributed by atoms with Gasteiger partial charge in [-0.15, -0.1) is 0 Å². The third kappa shape index (κ3) is 3.18. The molecule has 0 fully saturated rings. The zero-order valence-electron chi connectivity index (χ0n) is 10.4. The van der Waals surface area contributed by atoms with Crippen molar-refractivity contribution >= 4 is 33.6 Å². The van der Waals surface area contributed by atoms with Crippen molar-refractivity contribution in [3.63, 3.8) is 0 Å². The summed E-state index contributed by atoms with van der Waals surface area (Å²) >= 11 is 3.32. The monoisotopic (exact) mass is 335 g/mol. The topological polar surface area (TPSA) is 92.2 Å². The third-order valence-electron chi connectivity index (χ3n) is 2.50. The summed E-state index contributed by atoms with van der Waals surface area (Å²) in [5.74, 6) is -1.23. The molecule has 0 aliphatic carbocycles. The summed E-state index contributed by atoms with van der Waals surface area (Å²) in [6, 6.07) is 6.07. The Labute approximate surface area is 123 Å². The lowest BCUT2D eigenvalue weighted by atomic mass is 10.2. The number of aromatic carboxylic acids is 1. The van der Waals surface area contributed by atoms with Gasteiger partial charge in [-0.3, -0.25) is 4.79 Å². The average molecular weight is 336 g/mol. The van der Waals surface area contributed by atoms with Crippen molar-refractivity contribution in [3.8, 4) is 0 Å². The lowest BCUT2D eigenvalue weighted by molar-refractivity contribution is 0.0690. The van der Waals surface area contributed by atoms with Crippen LogP contribution in [0.4, 0.5) is 5.82 Å². The molecule has 6 nitrogen and oxygen atoms in total. The van der Waals surface area contributed by atoms with Crippen molar-refractivity contribution in [2.24, 2.45) is 0 Å². The second-order valence-electron chi connectivity index (χ2n) is 3.95. The van der Waals surface area contributed by atoms with Crippen LogP contribution in [0.1, 0.15) is 26.5 Å². The summed E-state index contributed by atoms with van der Waals surface area (Å²) in [6.45, 7) is 1.80. The number of carboxylic acids is 1. The number of carbonyl (C=O) groups is 2. The maximum atomic E-state index is 12.0. The molecular formula is C13H10BrN3O3. The van der Waals surface area contributed by atoms with E-state index in [1.807, 2.05) is 0 Å². The molecule has 0 atom stereocenters. The first kappa shape index (κ1) is 14.1. The van der Waals surface area contributed by atoms with Gasteiger partial charge in [0.2, 0.25) is 0 Å². The Morgan fingerprint density at radius 3 is 2.70 bits per heavy atom. The van der Waals surface area contributed by atoms with Crippen LogP contribution in [-0.2, 0) is 0 Å². The molecule has 0 unspecified atom stereocenters. The molecule has 0 saturated carbocycles. The van der Waals surface area contributed by atoms with Gasteiger partial charge in [-0.25, -0.2) is 14.8 Å². The van der Waals surface area contributed by atoms with Gasteiger partial charge in [0.25, 0.3) is 5.91 Å². The van der Waals surface area contributed by atoms with E-state index in [4.69, 9.17) is 5.11 Å². The number of amides is 1. The van der Waals surface area contributed by atoms with E-state index in [1.54, 1.807) is 19.1 Å². The summed E-state index contributed by atoms with van der Waals surface area (Å²) in [6.07, 6.45) is 1.28. The van der Waals surface area contributed by atoms with E-state index in [1.165, 1.54) is 18.3 Å². The normalized spacial score (nSPS) is 10.1. The van der Waals surface area contributed by atoms with Crippen molar-refractivity contribution in [1.82, 2.24) is 9.97 Å². The zero-order chi connectivity index (χ0) is 14.7. The first-order valence-electron chi connectivity index (χ1n) is 5.61. The summed E-state index contributed by atoms with van der Waals surface area (Å²) in [4.78, 5) is 30.6. The number of aromatic nitrogens is 2. The standard InChI is InChI=1S/C13H10BrN3O3/c1-7-9(14)2-3-11(16-7)17-12(18)8-4-5-15-10(6-8)13(19)20/h2-6H,1H3,(H,19,20)(H,16,17,18). The molecule has 0 aliphatic rings. The fourth-order valence-electron chi connectivity index (χ4n) is 1.49. The van der Waals surface area contributed by atoms with Crippen LogP contribution in [0.2, 0.25) is 0 Å². The number of anilines is 1. The van der Waals surface area contributed by atoms with E-state index in [0.29, 0.717) is 5.82 Å². The van der Waals surface area contributed by atoms with Gasteiger partial charge in [-0.1, -0.05) is 0 Å². The molecule has 0 saturated heterocycles. The van der Waals surface area contributed by atoms with Crippen LogP contribution in [0.15, 0.2) is 34.9 Å². The van der Waals surface area contributed by atoms with Gasteiger partial charge in [0.1, 0.15) is 11.5 Å². The molecule has 20 heavy (non-hydrogen) atoms. The SMILES string of the molecule is Cc1nc(NC(=O)c2ccnc(C(=O)O)c2)ccc1Br. The molecule has 2 N–H and O–H groups in total. The average Bonchev–Trinajstić information content (AvgIpc) is 2.43. The Bertz CT molecular complexity index is 688. The predicted octanol–water partition coefficient (Wildman–Crippen LogP) is 2.50. The van der Waals surface area contributed by atoms with Crippen molar-refractivity contribution in [2.75, 3.05) is 5.32 Å². The summed E-state index contributed by atoms with van der Waals surface area (Å²) in [5, 5.41) is 11.4. The highest BCUT2D eigenvalue weighted by Gasteiger charge is 2.11. The molecule has 2 heterocycles. The minimum Gasteiger partial charge on any atom is -0.477 e. The lowest BCUT2D eigenvalue weighted by Crippen LogP contribution is -2.14. The van der Waals surface area contributed by atoms with E-state index >= 15 is 0 Å². The molecule has 2 aromatic rings. The van der Waals surface area contributed by atoms with E-state index in [-0.39, 0.29) is 11.3 Å². The largest absolute Gasteiger partial charge is 0.477 e. The van der Waals surface area contributed by atoms with Crippen LogP contribution in [0.25, 0.3) is 0 Å². The van der Waals surface area contributed by atoms with Crippen LogP contribution < -0.4 is 5.32 Å². The molecule has 0 radical (unpaired) electrons. The number of rotatable bonds is 3.